The highest BCUT2D eigenvalue weighted by Crippen LogP contribution is 2.44. The number of aryl methyl sites for hydroxylation is 2. The van der Waals surface area contributed by atoms with E-state index in [0.29, 0.717) is 5.02 Å². The fourth-order valence-electron chi connectivity index (χ4n) is 7.87. The summed E-state index contributed by atoms with van der Waals surface area (Å²) in [5.41, 5.74) is 13.9. The van der Waals surface area contributed by atoms with E-state index in [2.05, 4.69) is 208 Å². The predicted molar refractivity (Wildman–Crippen MR) is 233 cm³/mol. The van der Waals surface area contributed by atoms with Crippen LogP contribution in [0, 0.1) is 0 Å². The Morgan fingerprint density at radius 1 is 0.455 bits per heavy atom. The summed E-state index contributed by atoms with van der Waals surface area (Å²) in [4.78, 5) is 5.25. The van der Waals surface area contributed by atoms with Gasteiger partial charge in [-0.25, -0.2) is 0 Å². The van der Waals surface area contributed by atoms with Crippen molar-refractivity contribution in [2.75, 3.05) is 10.6 Å². The Bertz CT molecular complexity index is 2190. The van der Waals surface area contributed by atoms with E-state index < -0.39 is 0 Å². The number of pyridine rings is 1. The molecule has 0 aliphatic carbocycles. The van der Waals surface area contributed by atoms with Crippen LogP contribution < -0.4 is 10.6 Å². The third-order valence-corrected chi connectivity index (χ3v) is 11.0. The molecule has 55 heavy (non-hydrogen) atoms. The number of hydrogen-bond donors (Lipinski definition) is 2. The van der Waals surface area contributed by atoms with Crippen LogP contribution in [-0.2, 0) is 12.8 Å². The van der Waals surface area contributed by atoms with Gasteiger partial charge in [0.25, 0.3) is 0 Å². The molecule has 2 atom stereocenters. The maximum atomic E-state index is 7.54. The number of anilines is 2. The molecule has 0 aliphatic rings. The maximum Gasteiger partial charge on any atom is 0.0657 e. The van der Waals surface area contributed by atoms with E-state index >= 15 is 0 Å². The van der Waals surface area contributed by atoms with Gasteiger partial charge in [-0.05, 0) is 89.4 Å². The van der Waals surface area contributed by atoms with Crippen LogP contribution in [-0.4, -0.2) is 4.98 Å². The van der Waals surface area contributed by atoms with E-state index in [1.54, 1.807) is 0 Å². The average Bonchev–Trinajstić information content (AvgIpc) is 3.24. The van der Waals surface area contributed by atoms with Crippen LogP contribution >= 0.6 is 11.6 Å². The lowest BCUT2D eigenvalue weighted by molar-refractivity contribution is 0.776. The number of hydrogen-bond acceptors (Lipinski definition) is 3. The van der Waals surface area contributed by atoms with Crippen LogP contribution in [0.1, 0.15) is 108 Å². The Hall–Kier alpha value is -5.64. The molecule has 0 saturated carbocycles. The summed E-state index contributed by atoms with van der Waals surface area (Å²) >= 11 is 7.54. The molecule has 2 unspecified atom stereocenters. The lowest BCUT2D eigenvalue weighted by atomic mass is 9.79. The first-order chi connectivity index (χ1) is 26.9. The van der Waals surface area contributed by atoms with Gasteiger partial charge >= 0.3 is 0 Å². The van der Waals surface area contributed by atoms with E-state index in [-0.39, 0.29) is 23.9 Å². The zero-order valence-corrected chi connectivity index (χ0v) is 33.0. The second-order valence-corrected chi connectivity index (χ2v) is 14.8. The molecule has 0 radical (unpaired) electrons. The number of nitrogens with one attached hydrogen (secondary N) is 2. The molecule has 0 amide bonds. The number of halogens is 1. The molecular formula is C51H50ClN3. The Balaban J connectivity index is 1.32. The van der Waals surface area contributed by atoms with Crippen LogP contribution in [0.15, 0.2) is 170 Å². The van der Waals surface area contributed by atoms with Crippen molar-refractivity contribution in [1.82, 2.24) is 4.98 Å². The highest BCUT2D eigenvalue weighted by Gasteiger charge is 2.27. The maximum absolute atomic E-state index is 7.54. The first-order valence-electron chi connectivity index (χ1n) is 19.6. The zero-order chi connectivity index (χ0) is 38.1. The van der Waals surface area contributed by atoms with Crippen molar-refractivity contribution >= 4 is 23.0 Å². The lowest BCUT2D eigenvalue weighted by Crippen LogP contribution is -2.16. The minimum absolute atomic E-state index is 0.00396. The molecule has 3 nitrogen and oxygen atoms in total. The number of rotatable bonds is 14. The van der Waals surface area contributed by atoms with E-state index in [4.69, 9.17) is 16.6 Å². The van der Waals surface area contributed by atoms with Gasteiger partial charge in [0.2, 0.25) is 0 Å². The second-order valence-electron chi connectivity index (χ2n) is 14.4. The number of aromatic nitrogens is 1. The molecular weight excluding hydrogens is 690 g/mol. The molecule has 2 N–H and O–H groups in total. The number of para-hydroxylation sites is 1. The lowest BCUT2D eigenvalue weighted by Gasteiger charge is -2.28. The Kier molecular flexibility index (Phi) is 12.1. The molecule has 0 saturated heterocycles. The van der Waals surface area contributed by atoms with Gasteiger partial charge in [0.15, 0.2) is 0 Å². The summed E-state index contributed by atoms with van der Waals surface area (Å²) in [7, 11) is 0. The summed E-state index contributed by atoms with van der Waals surface area (Å²) < 4.78 is 0. The molecule has 0 spiro atoms. The van der Waals surface area contributed by atoms with Crippen molar-refractivity contribution in [1.29, 1.82) is 0 Å². The van der Waals surface area contributed by atoms with E-state index in [1.165, 1.54) is 39.1 Å². The topological polar surface area (TPSA) is 37.0 Å². The minimum atomic E-state index is -0.130. The third-order valence-electron chi connectivity index (χ3n) is 10.7. The van der Waals surface area contributed by atoms with Crippen LogP contribution in [0.25, 0.3) is 0 Å². The van der Waals surface area contributed by atoms with Crippen LogP contribution in [0.5, 0.6) is 0 Å². The monoisotopic (exact) mass is 739 g/mol. The summed E-state index contributed by atoms with van der Waals surface area (Å²) in [6.45, 7) is 8.80. The smallest absolute Gasteiger partial charge is 0.0657 e. The average molecular weight is 740 g/mol. The van der Waals surface area contributed by atoms with E-state index in [0.717, 1.165) is 41.0 Å². The molecule has 0 aliphatic heterocycles. The molecule has 276 valence electrons. The fraction of sp³-hybridized carbons (Fsp3) is 0.196. The largest absolute Gasteiger partial charge is 0.377 e. The molecule has 4 heteroatoms. The Morgan fingerprint density at radius 2 is 0.855 bits per heavy atom. The molecule has 7 aromatic rings. The fourth-order valence-corrected chi connectivity index (χ4v) is 8.16. The molecule has 0 bridgehead atoms. The highest BCUT2D eigenvalue weighted by molar-refractivity contribution is 6.33. The van der Waals surface area contributed by atoms with Gasteiger partial charge < -0.3 is 10.6 Å². The third kappa shape index (κ3) is 8.53. The van der Waals surface area contributed by atoms with Crippen LogP contribution in [0.3, 0.4) is 0 Å². The molecule has 6 aromatic carbocycles. The van der Waals surface area contributed by atoms with Crippen molar-refractivity contribution in [3.8, 4) is 0 Å². The van der Waals surface area contributed by atoms with Gasteiger partial charge in [0.1, 0.15) is 0 Å². The number of benzene rings is 6. The Labute approximate surface area is 332 Å². The molecule has 7 rings (SSSR count). The standard InChI is InChI=1S/C51H50ClN3/c1-5-37-29-19-30-38(6-2)50(37)53-35(3)46-31-20-32-47(55-46)36(4)54-51-44(49(41-25-15-9-16-26-41)42-27-17-10-18-28-42)33-43(34-45(51)52)48(39-21-11-7-12-22-39)40-23-13-8-14-24-40/h7-36,48-49,53-54H,5-6H2,1-4H3. The normalized spacial score (nSPS) is 12.4. The van der Waals surface area contributed by atoms with Gasteiger partial charge in [-0.1, -0.05) is 177 Å². The number of nitrogens with zero attached hydrogens (tertiary/aromatic N) is 1. The van der Waals surface area contributed by atoms with Crippen molar-refractivity contribution < 1.29 is 0 Å². The highest BCUT2D eigenvalue weighted by atomic mass is 35.5. The zero-order valence-electron chi connectivity index (χ0n) is 32.2. The van der Waals surface area contributed by atoms with Gasteiger partial charge in [-0.2, -0.15) is 0 Å². The first-order valence-corrected chi connectivity index (χ1v) is 20.0. The quantitative estimate of drug-likeness (QED) is 0.109. The summed E-state index contributed by atoms with van der Waals surface area (Å²) in [6.07, 6.45) is 1.95. The predicted octanol–water partition coefficient (Wildman–Crippen LogP) is 13.6. The molecule has 1 heterocycles. The molecule has 0 fully saturated rings. The van der Waals surface area contributed by atoms with Gasteiger partial charge in [0, 0.05) is 17.5 Å². The summed E-state index contributed by atoms with van der Waals surface area (Å²) in [6, 6.07) is 60.4. The minimum Gasteiger partial charge on any atom is -0.377 e. The second kappa shape index (κ2) is 17.7. The van der Waals surface area contributed by atoms with Crippen LogP contribution in [0.2, 0.25) is 5.02 Å². The summed E-state index contributed by atoms with van der Waals surface area (Å²) in [5, 5.41) is 8.40. The van der Waals surface area contributed by atoms with Gasteiger partial charge in [0.05, 0.1) is 34.2 Å². The van der Waals surface area contributed by atoms with Crippen molar-refractivity contribution in [2.45, 2.75) is 64.5 Å². The van der Waals surface area contributed by atoms with Crippen molar-refractivity contribution in [2.24, 2.45) is 0 Å². The molecule has 1 aromatic heterocycles. The van der Waals surface area contributed by atoms with Crippen LogP contribution in [0.4, 0.5) is 11.4 Å². The first kappa shape index (κ1) is 37.7. The van der Waals surface area contributed by atoms with Gasteiger partial charge in [-0.15, -0.1) is 0 Å². The van der Waals surface area contributed by atoms with E-state index in [9.17, 15) is 0 Å². The SMILES string of the molecule is CCc1cccc(CC)c1NC(C)c1cccc(C(C)Nc2c(Cl)cc(C(c3ccccc3)c3ccccc3)cc2C(c2ccccc2)c2ccccc2)n1. The summed E-state index contributed by atoms with van der Waals surface area (Å²) in [5.74, 6) is -0.0765. The Morgan fingerprint density at radius 3 is 1.29 bits per heavy atom. The van der Waals surface area contributed by atoms with E-state index in [1.807, 2.05) is 0 Å². The van der Waals surface area contributed by atoms with Gasteiger partial charge in [-0.3, -0.25) is 4.98 Å². The van der Waals surface area contributed by atoms with Crippen molar-refractivity contribution in [3.63, 3.8) is 0 Å². The van der Waals surface area contributed by atoms with Crippen molar-refractivity contribution in [3.05, 3.63) is 231 Å².